The maximum absolute atomic E-state index is 4.10. The highest BCUT2D eigenvalue weighted by atomic mass is 15.1. The van der Waals surface area contributed by atoms with E-state index in [0.717, 1.165) is 34.6 Å². The number of nitrogens with zero attached hydrogens (tertiary/aromatic N) is 1. The topological polar surface area (TPSA) is 3.24 Å². The van der Waals surface area contributed by atoms with Gasteiger partial charge in [-0.3, -0.25) is 0 Å². The first kappa shape index (κ1) is 28.7. The van der Waals surface area contributed by atoms with Crippen LogP contribution in [0, 0.1) is 0 Å². The van der Waals surface area contributed by atoms with Crippen LogP contribution in [0.2, 0.25) is 0 Å². The molecule has 0 heterocycles. The van der Waals surface area contributed by atoms with Gasteiger partial charge < -0.3 is 4.90 Å². The zero-order chi connectivity index (χ0) is 30.5. The second-order valence-electron chi connectivity index (χ2n) is 10.9. The second kappa shape index (κ2) is 12.5. The molecule has 0 bridgehead atoms. The van der Waals surface area contributed by atoms with Crippen molar-refractivity contribution in [3.63, 3.8) is 0 Å². The van der Waals surface area contributed by atoms with E-state index in [-0.39, 0.29) is 0 Å². The number of hydrogen-bond acceptors (Lipinski definition) is 1. The molecule has 5 aromatic rings. The van der Waals surface area contributed by atoms with Crippen molar-refractivity contribution in [1.29, 1.82) is 0 Å². The molecule has 5 aromatic carbocycles. The van der Waals surface area contributed by atoms with Crippen molar-refractivity contribution in [2.45, 2.75) is 18.8 Å². The predicted molar refractivity (Wildman–Crippen MR) is 189 cm³/mol. The first-order valence-electron chi connectivity index (χ1n) is 15.2. The summed E-state index contributed by atoms with van der Waals surface area (Å²) >= 11 is 0. The molecule has 0 N–H and O–H groups in total. The summed E-state index contributed by atoms with van der Waals surface area (Å²) in [4.78, 5) is 2.18. The number of fused-ring (bicyclic) bond motifs is 3. The highest BCUT2D eigenvalue weighted by Crippen LogP contribution is 2.56. The minimum Gasteiger partial charge on any atom is -0.311 e. The summed E-state index contributed by atoms with van der Waals surface area (Å²) in [7, 11) is 0. The third kappa shape index (κ3) is 4.77. The van der Waals surface area contributed by atoms with Gasteiger partial charge in [-0.05, 0) is 81.3 Å². The molecule has 214 valence electrons. The van der Waals surface area contributed by atoms with Gasteiger partial charge in [0, 0.05) is 17.1 Å². The summed E-state index contributed by atoms with van der Waals surface area (Å²) in [6, 6.07) is 46.4. The van der Waals surface area contributed by atoms with Gasteiger partial charge in [-0.25, -0.2) is 0 Å². The fourth-order valence-electron chi connectivity index (χ4n) is 6.73. The average Bonchev–Trinajstić information content (AvgIpc) is 3.39. The van der Waals surface area contributed by atoms with Gasteiger partial charge in [-0.1, -0.05) is 154 Å². The van der Waals surface area contributed by atoms with Gasteiger partial charge in [0.2, 0.25) is 0 Å². The lowest BCUT2D eigenvalue weighted by Crippen LogP contribution is -2.28. The highest BCUT2D eigenvalue weighted by molar-refractivity contribution is 5.86. The van der Waals surface area contributed by atoms with E-state index in [1.807, 2.05) is 18.2 Å². The Morgan fingerprint density at radius 3 is 1.80 bits per heavy atom. The van der Waals surface area contributed by atoms with Gasteiger partial charge in [0.05, 0.1) is 5.41 Å². The van der Waals surface area contributed by atoms with E-state index in [1.165, 1.54) is 33.4 Å². The molecule has 0 unspecified atom stereocenters. The molecule has 0 aromatic heterocycles. The zero-order valence-corrected chi connectivity index (χ0v) is 25.3. The molecular formula is C43H37N. The van der Waals surface area contributed by atoms with Crippen LogP contribution in [-0.2, 0) is 5.41 Å². The fraction of sp³-hybridized carbons (Fsp3) is 0.0698. The quantitative estimate of drug-likeness (QED) is 0.149. The van der Waals surface area contributed by atoms with Crippen LogP contribution in [0.1, 0.15) is 35.6 Å². The maximum Gasteiger partial charge on any atom is 0.0713 e. The van der Waals surface area contributed by atoms with Gasteiger partial charge in [0.15, 0.2) is 0 Å². The van der Waals surface area contributed by atoms with Crippen molar-refractivity contribution < 1.29 is 0 Å². The lowest BCUT2D eigenvalue weighted by molar-refractivity contribution is 0.768. The van der Waals surface area contributed by atoms with Crippen molar-refractivity contribution in [1.82, 2.24) is 0 Å². The summed E-state index contributed by atoms with van der Waals surface area (Å²) in [6.07, 6.45) is 10.6. The Bertz CT molecular complexity index is 1840. The minimum atomic E-state index is -0.399. The maximum atomic E-state index is 4.10. The monoisotopic (exact) mass is 567 g/mol. The van der Waals surface area contributed by atoms with Crippen molar-refractivity contribution in [3.8, 4) is 22.3 Å². The first-order chi connectivity index (χ1) is 21.7. The molecule has 1 nitrogen and oxygen atoms in total. The molecular weight excluding hydrogens is 530 g/mol. The van der Waals surface area contributed by atoms with E-state index in [4.69, 9.17) is 0 Å². The van der Waals surface area contributed by atoms with Crippen LogP contribution in [0.3, 0.4) is 0 Å². The van der Waals surface area contributed by atoms with E-state index in [1.54, 1.807) is 6.08 Å². The predicted octanol–water partition coefficient (Wildman–Crippen LogP) is 11.3. The third-order valence-electron chi connectivity index (χ3n) is 8.55. The van der Waals surface area contributed by atoms with Crippen LogP contribution < -0.4 is 4.90 Å². The highest BCUT2D eigenvalue weighted by Gasteiger charge is 2.45. The smallest absolute Gasteiger partial charge is 0.0713 e. The van der Waals surface area contributed by atoms with Crippen LogP contribution in [0.5, 0.6) is 0 Å². The Labute approximate surface area is 262 Å². The van der Waals surface area contributed by atoms with E-state index >= 15 is 0 Å². The Morgan fingerprint density at radius 2 is 1.20 bits per heavy atom. The molecule has 0 atom stereocenters. The van der Waals surface area contributed by atoms with E-state index in [0.29, 0.717) is 0 Å². The van der Waals surface area contributed by atoms with Gasteiger partial charge >= 0.3 is 0 Å². The molecule has 1 aliphatic carbocycles. The molecule has 0 aliphatic heterocycles. The zero-order valence-electron chi connectivity index (χ0n) is 25.3. The number of rotatable bonds is 10. The minimum absolute atomic E-state index is 0.399. The van der Waals surface area contributed by atoms with Crippen LogP contribution in [0.15, 0.2) is 189 Å². The van der Waals surface area contributed by atoms with Crippen LogP contribution >= 0.6 is 0 Å². The van der Waals surface area contributed by atoms with Gasteiger partial charge in [0.25, 0.3) is 0 Å². The fourth-order valence-corrected chi connectivity index (χ4v) is 6.73. The standard InChI is InChI=1S/C43H37N/c1-5-17-36(7-3)44(37(8-4)18-6-2)38-22-16-19-33(31-38)32-27-29-35(30-28-32)43(34-20-10-9-11-21-34)41-25-14-12-23-39(41)40-24-13-15-26-42(40)43/h5,7-31H,1,3-4,6H2,2H3. The summed E-state index contributed by atoms with van der Waals surface area (Å²) in [5.74, 6) is 0. The van der Waals surface area contributed by atoms with Crippen molar-refractivity contribution in [3.05, 3.63) is 211 Å². The number of benzene rings is 5. The largest absolute Gasteiger partial charge is 0.311 e. The molecule has 0 spiro atoms. The Hall–Kier alpha value is -5.40. The van der Waals surface area contributed by atoms with E-state index in [2.05, 4.69) is 165 Å². The summed E-state index contributed by atoms with van der Waals surface area (Å²) < 4.78 is 0. The molecule has 6 rings (SSSR count). The van der Waals surface area contributed by atoms with Crippen molar-refractivity contribution in [2.75, 3.05) is 4.90 Å². The van der Waals surface area contributed by atoms with Crippen molar-refractivity contribution >= 4 is 5.69 Å². The molecule has 44 heavy (non-hydrogen) atoms. The molecule has 1 aliphatic rings. The molecule has 0 amide bonds. The summed E-state index contributed by atoms with van der Waals surface area (Å²) in [6.45, 7) is 14.2. The lowest BCUT2D eigenvalue weighted by Gasteiger charge is -2.34. The molecule has 0 radical (unpaired) electrons. The van der Waals surface area contributed by atoms with Crippen LogP contribution in [0.4, 0.5) is 5.69 Å². The summed E-state index contributed by atoms with van der Waals surface area (Å²) in [5.41, 5.74) is 12.7. The number of allylic oxidation sites excluding steroid dienone is 5. The molecule has 1 heteroatoms. The van der Waals surface area contributed by atoms with Gasteiger partial charge in [-0.15, -0.1) is 0 Å². The summed E-state index contributed by atoms with van der Waals surface area (Å²) in [5, 5.41) is 0. The molecule has 0 saturated carbocycles. The second-order valence-corrected chi connectivity index (χ2v) is 10.9. The SMILES string of the molecule is C=CC=C(C=C)N(C(C=C)=CCC)c1cccc(-c2ccc(C3(c4ccccc4)c4ccccc4-c4ccccc43)cc2)c1. The lowest BCUT2D eigenvalue weighted by atomic mass is 9.67. The first-order valence-corrected chi connectivity index (χ1v) is 15.2. The molecule has 0 saturated heterocycles. The van der Waals surface area contributed by atoms with Gasteiger partial charge in [-0.2, -0.15) is 0 Å². The van der Waals surface area contributed by atoms with E-state index in [9.17, 15) is 0 Å². The molecule has 0 fully saturated rings. The van der Waals surface area contributed by atoms with Crippen LogP contribution in [0.25, 0.3) is 22.3 Å². The van der Waals surface area contributed by atoms with Gasteiger partial charge in [0.1, 0.15) is 0 Å². The number of hydrogen-bond donors (Lipinski definition) is 0. The van der Waals surface area contributed by atoms with Crippen LogP contribution in [-0.4, -0.2) is 0 Å². The number of anilines is 1. The normalized spacial score (nSPS) is 13.5. The Balaban J connectivity index is 1.49. The third-order valence-corrected chi connectivity index (χ3v) is 8.55. The Morgan fingerprint density at radius 1 is 0.614 bits per heavy atom. The Kier molecular flexibility index (Phi) is 8.12. The average molecular weight is 568 g/mol. The van der Waals surface area contributed by atoms with E-state index < -0.39 is 5.41 Å². The van der Waals surface area contributed by atoms with Crippen molar-refractivity contribution in [2.24, 2.45) is 0 Å².